The zero-order valence-corrected chi connectivity index (χ0v) is 17.7. The van der Waals surface area contributed by atoms with Gasteiger partial charge in [-0.15, -0.1) is 0 Å². The van der Waals surface area contributed by atoms with E-state index in [0.717, 1.165) is 18.1 Å². The highest BCUT2D eigenvalue weighted by atomic mass is 32.2. The van der Waals surface area contributed by atoms with Crippen molar-refractivity contribution < 1.29 is 17.9 Å². The quantitative estimate of drug-likeness (QED) is 0.585. The summed E-state index contributed by atoms with van der Waals surface area (Å²) >= 11 is 0. The summed E-state index contributed by atoms with van der Waals surface area (Å²) in [4.78, 5) is 6.74. The minimum atomic E-state index is -3.08. The van der Waals surface area contributed by atoms with Crippen LogP contribution in [0.4, 0.5) is 0 Å². The van der Waals surface area contributed by atoms with Crippen LogP contribution in [-0.2, 0) is 16.4 Å². The first-order chi connectivity index (χ1) is 12.7. The van der Waals surface area contributed by atoms with Crippen LogP contribution in [-0.4, -0.2) is 63.1 Å². The third-order valence-corrected chi connectivity index (χ3v) is 7.15. The van der Waals surface area contributed by atoms with Gasteiger partial charge in [0, 0.05) is 19.6 Å². The van der Waals surface area contributed by atoms with E-state index in [9.17, 15) is 8.42 Å². The van der Waals surface area contributed by atoms with Gasteiger partial charge in [-0.1, -0.05) is 6.07 Å². The van der Waals surface area contributed by atoms with E-state index < -0.39 is 14.6 Å². The zero-order valence-electron chi connectivity index (χ0n) is 16.9. The Balaban J connectivity index is 2.20. The van der Waals surface area contributed by atoms with E-state index in [4.69, 9.17) is 14.5 Å². The molecule has 0 saturated carbocycles. The lowest BCUT2D eigenvalue weighted by atomic mass is 10.2. The minimum absolute atomic E-state index is 0.140. The number of hydrogen-bond donors (Lipinski definition) is 1. The molecule has 0 aromatic heterocycles. The third-order valence-electron chi connectivity index (χ3n) is 4.62. The Kier molecular flexibility index (Phi) is 6.97. The van der Waals surface area contributed by atoms with Gasteiger partial charge in [-0.05, 0) is 45.4 Å². The fourth-order valence-electron chi connectivity index (χ4n) is 3.00. The van der Waals surface area contributed by atoms with Crippen LogP contribution in [0.3, 0.4) is 0 Å². The highest BCUT2D eigenvalue weighted by molar-refractivity contribution is 7.92. The fourth-order valence-corrected chi connectivity index (χ4v) is 4.37. The second-order valence-corrected chi connectivity index (χ2v) is 9.83. The molecule has 1 aliphatic heterocycles. The molecule has 0 radical (unpaired) electrons. The van der Waals surface area contributed by atoms with Crippen molar-refractivity contribution in [2.75, 3.05) is 39.1 Å². The molecule has 8 heteroatoms. The predicted molar refractivity (Wildman–Crippen MR) is 108 cm³/mol. The van der Waals surface area contributed by atoms with Crippen LogP contribution in [0.2, 0.25) is 0 Å². The number of rotatable bonds is 6. The number of sulfone groups is 1. The van der Waals surface area contributed by atoms with E-state index >= 15 is 0 Å². The Morgan fingerprint density at radius 1 is 1.30 bits per heavy atom. The van der Waals surface area contributed by atoms with Crippen molar-refractivity contribution in [3.8, 4) is 11.5 Å². The molecule has 1 saturated heterocycles. The van der Waals surface area contributed by atoms with E-state index in [1.165, 1.54) is 0 Å². The van der Waals surface area contributed by atoms with Gasteiger partial charge >= 0.3 is 0 Å². The second-order valence-electron chi connectivity index (χ2n) is 7.09. The van der Waals surface area contributed by atoms with E-state index in [1.54, 1.807) is 21.0 Å². The number of guanidine groups is 1. The first-order valence-corrected chi connectivity index (χ1v) is 10.9. The smallest absolute Gasteiger partial charge is 0.194 e. The molecule has 1 aromatic rings. The average Bonchev–Trinajstić information content (AvgIpc) is 2.61. The maximum atomic E-state index is 12.3. The number of benzene rings is 1. The number of methoxy groups -OCH3 is 1. The molecule has 0 bridgehead atoms. The molecule has 27 heavy (non-hydrogen) atoms. The molecular weight excluding hydrogens is 366 g/mol. The van der Waals surface area contributed by atoms with E-state index in [0.29, 0.717) is 37.7 Å². The van der Waals surface area contributed by atoms with E-state index in [-0.39, 0.29) is 5.75 Å². The normalized spacial score (nSPS) is 18.9. The van der Waals surface area contributed by atoms with Gasteiger partial charge in [0.2, 0.25) is 0 Å². The van der Waals surface area contributed by atoms with Gasteiger partial charge in [0.1, 0.15) is 0 Å². The lowest BCUT2D eigenvalue weighted by Gasteiger charge is -2.39. The van der Waals surface area contributed by atoms with Gasteiger partial charge < -0.3 is 19.7 Å². The molecule has 7 nitrogen and oxygen atoms in total. The summed E-state index contributed by atoms with van der Waals surface area (Å²) in [7, 11) is -1.47. The van der Waals surface area contributed by atoms with Gasteiger partial charge in [-0.3, -0.25) is 0 Å². The molecule has 0 amide bonds. The standard InChI is InChI=1S/C19H31N3O4S/c1-6-20-18(22-10-11-27(23,24)19(3,4)14-22)21-13-15-8-9-16(25-5)17(12-15)26-7-2/h8-9,12H,6-7,10-11,13-14H2,1-5H3,(H,20,21). The summed E-state index contributed by atoms with van der Waals surface area (Å²) in [5, 5.41) is 3.28. The molecule has 1 fully saturated rings. The van der Waals surface area contributed by atoms with Gasteiger partial charge in [0.05, 0.1) is 30.8 Å². The summed E-state index contributed by atoms with van der Waals surface area (Å²) in [6, 6.07) is 5.76. The average molecular weight is 398 g/mol. The van der Waals surface area contributed by atoms with Crippen LogP contribution in [0.5, 0.6) is 11.5 Å². The Hall–Kier alpha value is -1.96. The summed E-state index contributed by atoms with van der Waals surface area (Å²) in [6.07, 6.45) is 0. The lowest BCUT2D eigenvalue weighted by Crippen LogP contribution is -2.57. The molecule has 1 heterocycles. The monoisotopic (exact) mass is 397 g/mol. The first kappa shape index (κ1) is 21.3. The van der Waals surface area contributed by atoms with Crippen LogP contribution < -0.4 is 14.8 Å². The number of aliphatic imine (C=N–C) groups is 1. The van der Waals surface area contributed by atoms with Crippen molar-refractivity contribution in [1.82, 2.24) is 10.2 Å². The van der Waals surface area contributed by atoms with Crippen LogP contribution >= 0.6 is 0 Å². The summed E-state index contributed by atoms with van der Waals surface area (Å²) < 4.78 is 34.7. The summed E-state index contributed by atoms with van der Waals surface area (Å²) in [5.41, 5.74) is 0.999. The molecule has 0 spiro atoms. The Morgan fingerprint density at radius 3 is 2.63 bits per heavy atom. The van der Waals surface area contributed by atoms with Crippen LogP contribution in [0.15, 0.2) is 23.2 Å². The predicted octanol–water partition coefficient (Wildman–Crippen LogP) is 2.07. The molecule has 2 rings (SSSR count). The topological polar surface area (TPSA) is 80.2 Å². The van der Waals surface area contributed by atoms with E-state index in [2.05, 4.69) is 5.32 Å². The SMILES string of the molecule is CCNC(=NCc1ccc(OC)c(OCC)c1)N1CCS(=O)(=O)C(C)(C)C1. The third kappa shape index (κ3) is 5.06. The van der Waals surface area contributed by atoms with Gasteiger partial charge in [-0.25, -0.2) is 13.4 Å². The fraction of sp³-hybridized carbons (Fsp3) is 0.632. The van der Waals surface area contributed by atoms with Crippen LogP contribution in [0, 0.1) is 0 Å². The zero-order chi connectivity index (χ0) is 20.1. The number of nitrogens with one attached hydrogen (secondary N) is 1. The maximum absolute atomic E-state index is 12.3. The summed E-state index contributed by atoms with van der Waals surface area (Å²) in [6.45, 7) is 10.1. The molecule has 0 unspecified atom stereocenters. The van der Waals surface area contributed by atoms with Gasteiger partial charge in [-0.2, -0.15) is 0 Å². The summed E-state index contributed by atoms with van der Waals surface area (Å²) in [5.74, 6) is 2.26. The number of hydrogen-bond acceptors (Lipinski definition) is 5. The number of nitrogens with zero attached hydrogens (tertiary/aromatic N) is 2. The Labute approximate surface area is 162 Å². The van der Waals surface area contributed by atoms with Crippen LogP contribution in [0.25, 0.3) is 0 Å². The molecule has 0 aliphatic carbocycles. The molecule has 1 aliphatic rings. The molecular formula is C19H31N3O4S. The molecule has 0 atom stereocenters. The minimum Gasteiger partial charge on any atom is -0.493 e. The van der Waals surface area contributed by atoms with Gasteiger partial charge in [0.25, 0.3) is 0 Å². The van der Waals surface area contributed by atoms with Crippen molar-refractivity contribution in [2.45, 2.75) is 39.0 Å². The van der Waals surface area contributed by atoms with Crippen molar-refractivity contribution in [3.05, 3.63) is 23.8 Å². The molecule has 1 N–H and O–H groups in total. The largest absolute Gasteiger partial charge is 0.493 e. The van der Waals surface area contributed by atoms with Crippen molar-refractivity contribution in [3.63, 3.8) is 0 Å². The molecule has 1 aromatic carbocycles. The van der Waals surface area contributed by atoms with Crippen molar-refractivity contribution >= 4 is 15.8 Å². The lowest BCUT2D eigenvalue weighted by molar-refractivity contribution is 0.310. The maximum Gasteiger partial charge on any atom is 0.194 e. The van der Waals surface area contributed by atoms with Crippen molar-refractivity contribution in [2.24, 2.45) is 4.99 Å². The van der Waals surface area contributed by atoms with Crippen molar-refractivity contribution in [1.29, 1.82) is 0 Å². The first-order valence-electron chi connectivity index (χ1n) is 9.29. The highest BCUT2D eigenvalue weighted by Crippen LogP contribution is 2.28. The second kappa shape index (κ2) is 8.82. The van der Waals surface area contributed by atoms with Gasteiger partial charge in [0.15, 0.2) is 27.3 Å². The molecule has 152 valence electrons. The van der Waals surface area contributed by atoms with Crippen LogP contribution in [0.1, 0.15) is 33.3 Å². The van der Waals surface area contributed by atoms with E-state index in [1.807, 2.05) is 36.9 Å². The highest BCUT2D eigenvalue weighted by Gasteiger charge is 2.40. The Morgan fingerprint density at radius 2 is 2.04 bits per heavy atom. The number of ether oxygens (including phenoxy) is 2. The Bertz CT molecular complexity index is 775.